The number of carbonyl (C=O) groups is 1. The van der Waals surface area contributed by atoms with Gasteiger partial charge < -0.3 is 9.64 Å². The molecule has 2 fully saturated rings. The van der Waals surface area contributed by atoms with Crippen molar-refractivity contribution in [3.05, 3.63) is 35.4 Å². The number of hydrogen-bond donors (Lipinski definition) is 0. The number of ether oxygens (including phenoxy) is 1. The van der Waals surface area contributed by atoms with Crippen molar-refractivity contribution < 1.29 is 22.7 Å². The van der Waals surface area contributed by atoms with Crippen LogP contribution in [0.3, 0.4) is 0 Å². The largest absolute Gasteiger partial charge is 0.444 e. The fourth-order valence-electron chi connectivity index (χ4n) is 3.89. The number of hydrogen-bond acceptors (Lipinski definition) is 3. The molecule has 0 N–H and O–H groups in total. The number of rotatable bonds is 3. The van der Waals surface area contributed by atoms with E-state index in [2.05, 4.69) is 11.8 Å². The number of carbonyl (C=O) groups excluding carboxylic acids is 1. The SMILES string of the molecule is C[C@H]1CN(C(=O)OC(C)(C)C)CCN1C(c1ccc(C(F)(F)F)cc1)C1CC1. The first-order chi connectivity index (χ1) is 13.0. The molecule has 2 atom stereocenters. The maximum absolute atomic E-state index is 12.9. The molecule has 0 aromatic heterocycles. The van der Waals surface area contributed by atoms with Crippen molar-refractivity contribution in [3.63, 3.8) is 0 Å². The second kappa shape index (κ2) is 7.58. The Hall–Kier alpha value is -1.76. The summed E-state index contributed by atoms with van der Waals surface area (Å²) in [6.07, 6.45) is -2.45. The highest BCUT2D eigenvalue weighted by Gasteiger charge is 2.41. The lowest BCUT2D eigenvalue weighted by Crippen LogP contribution is -2.55. The predicted molar refractivity (Wildman–Crippen MR) is 101 cm³/mol. The molecule has 28 heavy (non-hydrogen) atoms. The molecular weight excluding hydrogens is 369 g/mol. The molecule has 3 rings (SSSR count). The first-order valence-corrected chi connectivity index (χ1v) is 9.86. The van der Waals surface area contributed by atoms with Gasteiger partial charge in [0.2, 0.25) is 0 Å². The lowest BCUT2D eigenvalue weighted by atomic mass is 9.96. The van der Waals surface area contributed by atoms with Gasteiger partial charge in [-0.15, -0.1) is 0 Å². The normalized spacial score (nSPS) is 22.8. The zero-order valence-corrected chi connectivity index (χ0v) is 16.9. The van der Waals surface area contributed by atoms with Gasteiger partial charge in [0.1, 0.15) is 5.60 Å². The molecule has 0 spiro atoms. The van der Waals surface area contributed by atoms with Crippen LogP contribution in [0.1, 0.15) is 57.7 Å². The molecule has 1 aliphatic heterocycles. The van der Waals surface area contributed by atoms with E-state index in [9.17, 15) is 18.0 Å². The van der Waals surface area contributed by atoms with E-state index in [0.717, 1.165) is 18.4 Å². The topological polar surface area (TPSA) is 32.8 Å². The summed E-state index contributed by atoms with van der Waals surface area (Å²) in [5, 5.41) is 0. The molecule has 0 bridgehead atoms. The smallest absolute Gasteiger partial charge is 0.416 e. The van der Waals surface area contributed by atoms with Crippen LogP contribution in [0.4, 0.5) is 18.0 Å². The Balaban J connectivity index is 1.71. The molecule has 156 valence electrons. The summed E-state index contributed by atoms with van der Waals surface area (Å²) in [6, 6.07) is 5.77. The van der Waals surface area contributed by atoms with Crippen LogP contribution in [-0.4, -0.2) is 47.2 Å². The van der Waals surface area contributed by atoms with Crippen molar-refractivity contribution in [1.29, 1.82) is 0 Å². The van der Waals surface area contributed by atoms with Crippen molar-refractivity contribution in [3.8, 4) is 0 Å². The van der Waals surface area contributed by atoms with Crippen molar-refractivity contribution in [2.75, 3.05) is 19.6 Å². The van der Waals surface area contributed by atoms with Gasteiger partial charge in [0.25, 0.3) is 0 Å². The Morgan fingerprint density at radius 2 is 1.71 bits per heavy atom. The van der Waals surface area contributed by atoms with Crippen LogP contribution in [-0.2, 0) is 10.9 Å². The fraction of sp³-hybridized carbons (Fsp3) is 0.667. The molecule has 4 nitrogen and oxygen atoms in total. The minimum absolute atomic E-state index is 0.0954. The van der Waals surface area contributed by atoms with Crippen LogP contribution in [0.5, 0.6) is 0 Å². The summed E-state index contributed by atoms with van der Waals surface area (Å²) in [5.41, 5.74) is -0.226. The van der Waals surface area contributed by atoms with E-state index in [-0.39, 0.29) is 18.2 Å². The second-order valence-corrected chi connectivity index (χ2v) is 8.92. The number of nitrogens with zero attached hydrogens (tertiary/aromatic N) is 2. The first-order valence-electron chi connectivity index (χ1n) is 9.86. The van der Waals surface area contributed by atoms with Gasteiger partial charge in [0, 0.05) is 31.7 Å². The lowest BCUT2D eigenvalue weighted by Gasteiger charge is -2.44. The molecule has 1 saturated carbocycles. The third-order valence-electron chi connectivity index (χ3n) is 5.34. The van der Waals surface area contributed by atoms with Crippen LogP contribution in [0.15, 0.2) is 24.3 Å². The van der Waals surface area contributed by atoms with E-state index in [0.29, 0.717) is 25.6 Å². The highest BCUT2D eigenvalue weighted by Crippen LogP contribution is 2.46. The zero-order chi connectivity index (χ0) is 20.7. The summed E-state index contributed by atoms with van der Waals surface area (Å²) in [6.45, 7) is 9.40. The maximum Gasteiger partial charge on any atom is 0.416 e. The Morgan fingerprint density at radius 3 is 2.18 bits per heavy atom. The Morgan fingerprint density at radius 1 is 1.11 bits per heavy atom. The molecule has 1 aromatic rings. The summed E-state index contributed by atoms with van der Waals surface area (Å²) in [4.78, 5) is 16.4. The molecule has 1 saturated heterocycles. The predicted octanol–water partition coefficient (Wildman–Crippen LogP) is 5.10. The second-order valence-electron chi connectivity index (χ2n) is 8.92. The molecular formula is C21H29F3N2O2. The minimum Gasteiger partial charge on any atom is -0.444 e. The Labute approximate surface area is 164 Å². The van der Waals surface area contributed by atoms with Crippen molar-refractivity contribution in [2.24, 2.45) is 5.92 Å². The molecule has 7 heteroatoms. The van der Waals surface area contributed by atoms with Crippen LogP contribution in [0.2, 0.25) is 0 Å². The standard InChI is InChI=1S/C21H29F3N2O2/c1-14-13-25(19(27)28-20(2,3)4)11-12-26(14)18(15-5-6-15)16-7-9-17(10-8-16)21(22,23)24/h7-10,14-15,18H,5-6,11-13H2,1-4H3/t14-,18?/m0/s1. The number of alkyl halides is 3. The molecule has 0 radical (unpaired) electrons. The van der Waals surface area contributed by atoms with Crippen molar-refractivity contribution >= 4 is 6.09 Å². The number of halogens is 3. The maximum atomic E-state index is 12.9. The summed E-state index contributed by atoms with van der Waals surface area (Å²) in [7, 11) is 0. The minimum atomic E-state index is -4.32. The van der Waals surface area contributed by atoms with E-state index < -0.39 is 17.3 Å². The van der Waals surface area contributed by atoms with Crippen LogP contribution in [0, 0.1) is 5.92 Å². The van der Waals surface area contributed by atoms with Crippen molar-refractivity contribution in [2.45, 2.75) is 64.4 Å². The Bertz CT molecular complexity index is 693. The summed E-state index contributed by atoms with van der Waals surface area (Å²) >= 11 is 0. The third-order valence-corrected chi connectivity index (χ3v) is 5.34. The van der Waals surface area contributed by atoms with Crippen LogP contribution >= 0.6 is 0 Å². The highest BCUT2D eigenvalue weighted by atomic mass is 19.4. The van der Waals surface area contributed by atoms with Gasteiger partial charge in [-0.2, -0.15) is 13.2 Å². The number of amides is 1. The lowest BCUT2D eigenvalue weighted by molar-refractivity contribution is -0.137. The van der Waals surface area contributed by atoms with E-state index >= 15 is 0 Å². The van der Waals surface area contributed by atoms with E-state index in [1.165, 1.54) is 12.1 Å². The first kappa shape index (κ1) is 21.0. The molecule has 1 amide bonds. The van der Waals surface area contributed by atoms with Gasteiger partial charge in [-0.1, -0.05) is 12.1 Å². The molecule has 1 unspecified atom stereocenters. The Kier molecular flexibility index (Phi) is 5.67. The average Bonchev–Trinajstić information content (AvgIpc) is 3.39. The monoisotopic (exact) mass is 398 g/mol. The summed E-state index contributed by atoms with van der Waals surface area (Å²) < 4.78 is 44.1. The van der Waals surface area contributed by atoms with Gasteiger partial charge in [-0.25, -0.2) is 4.79 Å². The van der Waals surface area contributed by atoms with Crippen molar-refractivity contribution in [1.82, 2.24) is 9.80 Å². The molecule has 1 aromatic carbocycles. The molecule has 2 aliphatic rings. The van der Waals surface area contributed by atoms with Gasteiger partial charge in [-0.3, -0.25) is 4.90 Å². The average molecular weight is 398 g/mol. The zero-order valence-electron chi connectivity index (χ0n) is 16.9. The third kappa shape index (κ3) is 4.99. The van der Waals surface area contributed by atoms with Gasteiger partial charge in [0.05, 0.1) is 5.56 Å². The molecule has 1 aliphatic carbocycles. The summed E-state index contributed by atoms with van der Waals surface area (Å²) in [5.74, 6) is 0.465. The number of piperazine rings is 1. The van der Waals surface area contributed by atoms with Crippen LogP contribution in [0.25, 0.3) is 0 Å². The molecule has 1 heterocycles. The van der Waals surface area contributed by atoms with E-state index in [1.54, 1.807) is 17.0 Å². The highest BCUT2D eigenvalue weighted by molar-refractivity contribution is 5.68. The fourth-order valence-corrected chi connectivity index (χ4v) is 3.89. The van der Waals surface area contributed by atoms with Crippen LogP contribution < -0.4 is 0 Å². The van der Waals surface area contributed by atoms with E-state index in [4.69, 9.17) is 4.74 Å². The quantitative estimate of drug-likeness (QED) is 0.710. The number of benzene rings is 1. The van der Waals surface area contributed by atoms with Gasteiger partial charge in [-0.05, 0) is 64.2 Å². The van der Waals surface area contributed by atoms with E-state index in [1.807, 2.05) is 20.8 Å². The van der Waals surface area contributed by atoms with Gasteiger partial charge in [0.15, 0.2) is 0 Å². The van der Waals surface area contributed by atoms with Gasteiger partial charge >= 0.3 is 12.3 Å².